The van der Waals surface area contributed by atoms with E-state index >= 15 is 0 Å². The summed E-state index contributed by atoms with van der Waals surface area (Å²) in [5.41, 5.74) is 0.731. The van der Waals surface area contributed by atoms with E-state index in [9.17, 15) is 9.59 Å². The van der Waals surface area contributed by atoms with Gasteiger partial charge in [-0.2, -0.15) is 0 Å². The van der Waals surface area contributed by atoms with Crippen molar-refractivity contribution in [2.45, 2.75) is 39.7 Å². The summed E-state index contributed by atoms with van der Waals surface area (Å²) < 4.78 is 16.1. The van der Waals surface area contributed by atoms with Crippen molar-refractivity contribution in [2.75, 3.05) is 13.7 Å². The summed E-state index contributed by atoms with van der Waals surface area (Å²) in [6, 6.07) is 7.25. The molecule has 0 spiro atoms. The number of esters is 1. The highest BCUT2D eigenvalue weighted by Crippen LogP contribution is 2.27. The fraction of sp³-hybridized carbons (Fsp3) is 0.381. The Balaban J connectivity index is 1.51. The molecule has 0 fully saturated rings. The van der Waals surface area contributed by atoms with Crippen LogP contribution in [0.3, 0.4) is 0 Å². The smallest absolute Gasteiger partial charge is 0.306 e. The lowest BCUT2D eigenvalue weighted by Crippen LogP contribution is -2.17. The average Bonchev–Trinajstić information content (AvgIpc) is 2.99. The quantitative estimate of drug-likeness (QED) is 0.440. The third kappa shape index (κ3) is 4.95. The fourth-order valence-corrected chi connectivity index (χ4v) is 3.89. The van der Waals surface area contributed by atoms with E-state index in [1.165, 1.54) is 11.3 Å². The van der Waals surface area contributed by atoms with E-state index in [2.05, 4.69) is 9.97 Å². The number of nitrogens with zero attached hydrogens (tertiary/aromatic N) is 1. The molecular weight excluding hydrogens is 392 g/mol. The first-order chi connectivity index (χ1) is 13.9. The van der Waals surface area contributed by atoms with E-state index in [1.807, 2.05) is 38.1 Å². The predicted octanol–water partition coefficient (Wildman–Crippen LogP) is 4.07. The van der Waals surface area contributed by atoms with Gasteiger partial charge in [0, 0.05) is 11.3 Å². The van der Waals surface area contributed by atoms with Gasteiger partial charge >= 0.3 is 5.97 Å². The van der Waals surface area contributed by atoms with Crippen LogP contribution in [0.15, 0.2) is 29.1 Å². The van der Waals surface area contributed by atoms with E-state index < -0.39 is 6.10 Å². The minimum Gasteiger partial charge on any atom is -0.497 e. The van der Waals surface area contributed by atoms with Crippen molar-refractivity contribution in [2.24, 2.45) is 0 Å². The molecule has 29 heavy (non-hydrogen) atoms. The maximum absolute atomic E-state index is 12.4. The Morgan fingerprint density at radius 1 is 1.21 bits per heavy atom. The Hall–Kier alpha value is -2.87. The number of methoxy groups -OCH3 is 1. The normalized spacial score (nSPS) is 12.0. The number of carbonyl (C=O) groups is 1. The number of aryl methyl sites for hydroxylation is 2. The van der Waals surface area contributed by atoms with Crippen LogP contribution in [0.4, 0.5) is 0 Å². The van der Waals surface area contributed by atoms with Gasteiger partial charge in [0.05, 0.1) is 19.1 Å². The van der Waals surface area contributed by atoms with Gasteiger partial charge in [0.1, 0.15) is 16.3 Å². The van der Waals surface area contributed by atoms with Crippen molar-refractivity contribution >= 4 is 27.5 Å². The van der Waals surface area contributed by atoms with Crippen LogP contribution in [0.5, 0.6) is 11.5 Å². The topological polar surface area (TPSA) is 90.5 Å². The number of fused-ring (bicyclic) bond motifs is 1. The summed E-state index contributed by atoms with van der Waals surface area (Å²) >= 11 is 1.46. The lowest BCUT2D eigenvalue weighted by molar-refractivity contribution is -0.149. The molecule has 0 amide bonds. The summed E-state index contributed by atoms with van der Waals surface area (Å²) in [5.74, 6) is 1.46. The van der Waals surface area contributed by atoms with E-state index in [1.54, 1.807) is 14.0 Å². The van der Waals surface area contributed by atoms with E-state index in [0.717, 1.165) is 16.2 Å². The van der Waals surface area contributed by atoms with E-state index in [-0.39, 0.29) is 17.9 Å². The Bertz CT molecular complexity index is 1060. The van der Waals surface area contributed by atoms with Gasteiger partial charge in [0.25, 0.3) is 5.56 Å². The molecule has 1 N–H and O–H groups in total. The number of carbonyl (C=O) groups excluding carboxylic acids is 1. The SMILES string of the molecule is COc1ccc(OCCCC(=O)O[C@@H](C)c2nc3sc(C)c(C)c3c(=O)[nH]2)cc1. The number of aromatic amines is 1. The largest absolute Gasteiger partial charge is 0.497 e. The summed E-state index contributed by atoms with van der Waals surface area (Å²) in [7, 11) is 1.61. The van der Waals surface area contributed by atoms with Gasteiger partial charge in [0.15, 0.2) is 11.9 Å². The molecule has 1 atom stereocenters. The first kappa shape index (κ1) is 20.9. The predicted molar refractivity (Wildman–Crippen MR) is 112 cm³/mol. The monoisotopic (exact) mass is 416 g/mol. The number of nitrogens with one attached hydrogen (secondary N) is 1. The Labute approximate surface area is 172 Å². The highest BCUT2D eigenvalue weighted by molar-refractivity contribution is 7.18. The van der Waals surface area contributed by atoms with Gasteiger partial charge in [-0.15, -0.1) is 11.3 Å². The molecule has 3 aromatic rings. The molecule has 8 heteroatoms. The van der Waals surface area contributed by atoms with Gasteiger partial charge in [0.2, 0.25) is 0 Å². The standard InChI is InChI=1S/C21H24N2O5S/c1-12-14(3)29-21-18(12)20(25)22-19(23-21)13(2)28-17(24)6-5-11-27-16-9-7-15(26-4)8-10-16/h7-10,13H,5-6,11H2,1-4H3,(H,22,23,25)/t13-/m0/s1. The van der Waals surface area contributed by atoms with Gasteiger partial charge in [-0.05, 0) is 57.0 Å². The number of hydrogen-bond acceptors (Lipinski definition) is 7. The molecule has 3 rings (SSSR count). The maximum Gasteiger partial charge on any atom is 0.306 e. The van der Waals surface area contributed by atoms with Crippen molar-refractivity contribution in [3.8, 4) is 11.5 Å². The molecule has 0 saturated carbocycles. The second-order valence-corrected chi connectivity index (χ2v) is 7.88. The van der Waals surface area contributed by atoms with Crippen LogP contribution in [0.25, 0.3) is 10.2 Å². The number of rotatable bonds is 8. The second kappa shape index (κ2) is 9.09. The summed E-state index contributed by atoms with van der Waals surface area (Å²) in [6.45, 7) is 5.95. The number of thiophene rings is 1. The van der Waals surface area contributed by atoms with Gasteiger partial charge in [-0.1, -0.05) is 0 Å². The van der Waals surface area contributed by atoms with Crippen LogP contribution in [-0.2, 0) is 9.53 Å². The molecule has 2 heterocycles. The van der Waals surface area contributed by atoms with Gasteiger partial charge < -0.3 is 19.2 Å². The molecule has 154 valence electrons. The van der Waals surface area contributed by atoms with Crippen LogP contribution in [0.1, 0.15) is 42.1 Å². The lowest BCUT2D eigenvalue weighted by Gasteiger charge is -2.13. The Morgan fingerprint density at radius 2 is 1.90 bits per heavy atom. The minimum absolute atomic E-state index is 0.206. The molecule has 0 bridgehead atoms. The number of H-pyrrole nitrogens is 1. The average molecular weight is 416 g/mol. The van der Waals surface area contributed by atoms with Crippen LogP contribution in [0.2, 0.25) is 0 Å². The molecule has 2 aromatic heterocycles. The summed E-state index contributed by atoms with van der Waals surface area (Å²) in [6.07, 6.45) is 0.0958. The van der Waals surface area contributed by atoms with Gasteiger partial charge in [-0.25, -0.2) is 4.98 Å². The number of ether oxygens (including phenoxy) is 3. The fourth-order valence-electron chi connectivity index (χ4n) is 2.85. The van der Waals surface area contributed by atoms with Crippen molar-refractivity contribution in [1.29, 1.82) is 0 Å². The summed E-state index contributed by atoms with van der Waals surface area (Å²) in [4.78, 5) is 33.4. The van der Waals surface area contributed by atoms with E-state index in [4.69, 9.17) is 14.2 Å². The second-order valence-electron chi connectivity index (χ2n) is 6.67. The molecule has 0 aliphatic carbocycles. The molecule has 7 nitrogen and oxygen atoms in total. The third-order valence-electron chi connectivity index (χ3n) is 4.60. The van der Waals surface area contributed by atoms with Crippen molar-refractivity contribution in [3.63, 3.8) is 0 Å². The Kier molecular flexibility index (Phi) is 6.53. The third-order valence-corrected chi connectivity index (χ3v) is 5.71. The van der Waals surface area contributed by atoms with Crippen LogP contribution in [-0.4, -0.2) is 29.7 Å². The molecule has 1 aromatic carbocycles. The molecule has 0 aliphatic heterocycles. The van der Waals surface area contributed by atoms with Crippen LogP contribution < -0.4 is 15.0 Å². The zero-order chi connectivity index (χ0) is 21.0. The van der Waals surface area contributed by atoms with Crippen molar-refractivity contribution < 1.29 is 19.0 Å². The zero-order valence-electron chi connectivity index (χ0n) is 16.9. The molecule has 0 unspecified atom stereocenters. The maximum atomic E-state index is 12.4. The first-order valence-corrected chi connectivity index (χ1v) is 10.2. The Morgan fingerprint density at radius 3 is 2.59 bits per heavy atom. The minimum atomic E-state index is -0.634. The molecule has 0 aliphatic rings. The summed E-state index contributed by atoms with van der Waals surface area (Å²) in [5, 5.41) is 0.602. The van der Waals surface area contributed by atoms with Crippen LogP contribution >= 0.6 is 11.3 Å². The number of benzene rings is 1. The first-order valence-electron chi connectivity index (χ1n) is 9.35. The van der Waals surface area contributed by atoms with Crippen LogP contribution in [0, 0.1) is 13.8 Å². The van der Waals surface area contributed by atoms with Crippen molar-refractivity contribution in [3.05, 3.63) is 50.9 Å². The van der Waals surface area contributed by atoms with Crippen molar-refractivity contribution in [1.82, 2.24) is 9.97 Å². The lowest BCUT2D eigenvalue weighted by atomic mass is 10.2. The van der Waals surface area contributed by atoms with Gasteiger partial charge in [-0.3, -0.25) is 9.59 Å². The highest BCUT2D eigenvalue weighted by Gasteiger charge is 2.18. The number of aromatic nitrogens is 2. The highest BCUT2D eigenvalue weighted by atomic mass is 32.1. The van der Waals surface area contributed by atoms with E-state index in [0.29, 0.717) is 34.8 Å². The number of hydrogen-bond donors (Lipinski definition) is 1. The molecule has 0 radical (unpaired) electrons. The molecular formula is C21H24N2O5S. The molecule has 0 saturated heterocycles. The zero-order valence-corrected chi connectivity index (χ0v) is 17.7.